The van der Waals surface area contributed by atoms with Crippen molar-refractivity contribution in [2.75, 3.05) is 13.1 Å². The van der Waals surface area contributed by atoms with Crippen LogP contribution in [0.3, 0.4) is 0 Å². The van der Waals surface area contributed by atoms with Crippen molar-refractivity contribution in [1.29, 1.82) is 0 Å². The molecule has 0 bridgehead atoms. The van der Waals surface area contributed by atoms with E-state index < -0.39 is 5.97 Å². The topological polar surface area (TPSA) is 57.6 Å². The second kappa shape index (κ2) is 5.14. The number of aliphatic carboxylic acids is 1. The monoisotopic (exact) mass is 265 g/mol. The minimum absolute atomic E-state index is 0.0291. The Morgan fingerprint density at radius 1 is 0.895 bits per heavy atom. The molecular weight excluding hydrogens is 242 g/mol. The summed E-state index contributed by atoms with van der Waals surface area (Å²) in [4.78, 5) is 25.6. The SMILES string of the molecule is O=C(O)C1CCC(C(=O)N(CC2CC2)CC2CC2)C1. The number of carbonyl (C=O) groups excluding carboxylic acids is 1. The van der Waals surface area contributed by atoms with Crippen LogP contribution in [0.15, 0.2) is 0 Å². The molecule has 4 heteroatoms. The number of hydrogen-bond acceptors (Lipinski definition) is 2. The Balaban J connectivity index is 1.57. The van der Waals surface area contributed by atoms with Gasteiger partial charge < -0.3 is 10.0 Å². The van der Waals surface area contributed by atoms with Gasteiger partial charge in [-0.25, -0.2) is 0 Å². The van der Waals surface area contributed by atoms with Crippen LogP contribution in [0.4, 0.5) is 0 Å². The number of carbonyl (C=O) groups is 2. The van der Waals surface area contributed by atoms with E-state index in [4.69, 9.17) is 5.11 Å². The summed E-state index contributed by atoms with van der Waals surface area (Å²) >= 11 is 0. The molecule has 2 unspecified atom stereocenters. The molecule has 3 aliphatic carbocycles. The number of hydrogen-bond donors (Lipinski definition) is 1. The molecule has 0 saturated heterocycles. The van der Waals surface area contributed by atoms with Crippen LogP contribution < -0.4 is 0 Å². The lowest BCUT2D eigenvalue weighted by atomic mass is 10.0. The van der Waals surface area contributed by atoms with Gasteiger partial charge in [0.1, 0.15) is 0 Å². The molecule has 3 fully saturated rings. The quantitative estimate of drug-likeness (QED) is 0.800. The summed E-state index contributed by atoms with van der Waals surface area (Å²) in [6.45, 7) is 1.84. The zero-order chi connectivity index (χ0) is 13.4. The minimum Gasteiger partial charge on any atom is -0.481 e. The molecule has 106 valence electrons. The van der Waals surface area contributed by atoms with Crippen LogP contribution >= 0.6 is 0 Å². The van der Waals surface area contributed by atoms with Gasteiger partial charge in [0.2, 0.25) is 5.91 Å². The summed E-state index contributed by atoms with van der Waals surface area (Å²) in [7, 11) is 0. The molecule has 1 N–H and O–H groups in total. The highest BCUT2D eigenvalue weighted by atomic mass is 16.4. The molecule has 0 aliphatic heterocycles. The maximum atomic E-state index is 12.6. The van der Waals surface area contributed by atoms with E-state index in [2.05, 4.69) is 4.90 Å². The first-order valence-corrected chi connectivity index (χ1v) is 7.65. The Morgan fingerprint density at radius 2 is 1.42 bits per heavy atom. The lowest BCUT2D eigenvalue weighted by Crippen LogP contribution is -2.38. The van der Waals surface area contributed by atoms with E-state index in [0.29, 0.717) is 12.8 Å². The van der Waals surface area contributed by atoms with Gasteiger partial charge in [-0.05, 0) is 56.8 Å². The molecule has 3 rings (SSSR count). The lowest BCUT2D eigenvalue weighted by Gasteiger charge is -2.25. The summed E-state index contributed by atoms with van der Waals surface area (Å²) in [5, 5.41) is 9.04. The third-order valence-corrected chi connectivity index (χ3v) is 4.79. The standard InChI is InChI=1S/C15H23NO3/c17-14(12-5-6-13(7-12)15(18)19)16(8-10-1-2-10)9-11-3-4-11/h10-13H,1-9H2,(H,18,19). The predicted molar refractivity (Wildman–Crippen MR) is 70.5 cm³/mol. The zero-order valence-corrected chi connectivity index (χ0v) is 11.4. The molecule has 1 amide bonds. The van der Waals surface area contributed by atoms with Crippen LogP contribution in [-0.2, 0) is 9.59 Å². The molecule has 0 aromatic rings. The molecule has 0 heterocycles. The lowest BCUT2D eigenvalue weighted by molar-refractivity contribution is -0.141. The van der Waals surface area contributed by atoms with Crippen molar-refractivity contribution in [1.82, 2.24) is 4.90 Å². The molecule has 4 nitrogen and oxygen atoms in total. The first-order valence-electron chi connectivity index (χ1n) is 7.65. The van der Waals surface area contributed by atoms with E-state index in [1.54, 1.807) is 0 Å². The van der Waals surface area contributed by atoms with Gasteiger partial charge >= 0.3 is 5.97 Å². The Hall–Kier alpha value is -1.06. The second-order valence-corrected chi connectivity index (χ2v) is 6.68. The molecule has 3 saturated carbocycles. The smallest absolute Gasteiger partial charge is 0.306 e. The van der Waals surface area contributed by atoms with E-state index in [1.807, 2.05) is 0 Å². The summed E-state index contributed by atoms with van der Waals surface area (Å²) in [6, 6.07) is 0. The van der Waals surface area contributed by atoms with Gasteiger partial charge in [-0.15, -0.1) is 0 Å². The first-order chi connectivity index (χ1) is 9.13. The van der Waals surface area contributed by atoms with Crippen molar-refractivity contribution in [3.63, 3.8) is 0 Å². The maximum absolute atomic E-state index is 12.6. The third kappa shape index (κ3) is 3.28. The van der Waals surface area contributed by atoms with Crippen LogP contribution in [0, 0.1) is 23.7 Å². The Bertz CT molecular complexity index is 360. The van der Waals surface area contributed by atoms with Crippen LogP contribution in [-0.4, -0.2) is 35.0 Å². The van der Waals surface area contributed by atoms with Crippen LogP contribution in [0.5, 0.6) is 0 Å². The highest BCUT2D eigenvalue weighted by Gasteiger charge is 2.38. The molecule has 0 aromatic carbocycles. The van der Waals surface area contributed by atoms with Crippen molar-refractivity contribution in [3.05, 3.63) is 0 Å². The zero-order valence-electron chi connectivity index (χ0n) is 11.4. The number of rotatable bonds is 6. The summed E-state index contributed by atoms with van der Waals surface area (Å²) in [6.07, 6.45) is 7.04. The molecule has 0 spiro atoms. The molecule has 2 atom stereocenters. The first kappa shape index (κ1) is 12.9. The van der Waals surface area contributed by atoms with Gasteiger partial charge in [-0.2, -0.15) is 0 Å². The average Bonchev–Trinajstić information content (AvgIpc) is 3.29. The van der Waals surface area contributed by atoms with Crippen LogP contribution in [0.1, 0.15) is 44.9 Å². The predicted octanol–water partition coefficient (Wildman–Crippen LogP) is 2.14. The summed E-state index contributed by atoms with van der Waals surface area (Å²) in [5.74, 6) is 0.629. The van der Waals surface area contributed by atoms with Crippen LogP contribution in [0.25, 0.3) is 0 Å². The molecule has 0 radical (unpaired) electrons. The number of amides is 1. The van der Waals surface area contributed by atoms with Crippen molar-refractivity contribution in [2.45, 2.75) is 44.9 Å². The molecule has 3 aliphatic rings. The van der Waals surface area contributed by atoms with Crippen molar-refractivity contribution in [3.8, 4) is 0 Å². The second-order valence-electron chi connectivity index (χ2n) is 6.68. The van der Waals surface area contributed by atoms with E-state index in [0.717, 1.165) is 31.3 Å². The summed E-state index contributed by atoms with van der Waals surface area (Å²) in [5.41, 5.74) is 0. The minimum atomic E-state index is -0.730. The molecule has 0 aromatic heterocycles. The van der Waals surface area contributed by atoms with E-state index in [1.165, 1.54) is 25.7 Å². The highest BCUT2D eigenvalue weighted by Crippen LogP contribution is 2.37. The van der Waals surface area contributed by atoms with Gasteiger partial charge in [-0.3, -0.25) is 9.59 Å². The van der Waals surface area contributed by atoms with E-state index in [9.17, 15) is 9.59 Å². The van der Waals surface area contributed by atoms with E-state index in [-0.39, 0.29) is 17.7 Å². The fourth-order valence-corrected chi connectivity index (χ4v) is 3.17. The maximum Gasteiger partial charge on any atom is 0.306 e. The Kier molecular flexibility index (Phi) is 3.50. The van der Waals surface area contributed by atoms with Crippen molar-refractivity contribution >= 4 is 11.9 Å². The van der Waals surface area contributed by atoms with Gasteiger partial charge in [0.15, 0.2) is 0 Å². The fourth-order valence-electron chi connectivity index (χ4n) is 3.17. The van der Waals surface area contributed by atoms with Gasteiger partial charge in [0, 0.05) is 19.0 Å². The third-order valence-electron chi connectivity index (χ3n) is 4.79. The highest BCUT2D eigenvalue weighted by molar-refractivity contribution is 5.81. The molecule has 19 heavy (non-hydrogen) atoms. The van der Waals surface area contributed by atoms with E-state index >= 15 is 0 Å². The van der Waals surface area contributed by atoms with Crippen molar-refractivity contribution < 1.29 is 14.7 Å². The normalized spacial score (nSPS) is 30.3. The summed E-state index contributed by atoms with van der Waals surface area (Å²) < 4.78 is 0. The largest absolute Gasteiger partial charge is 0.481 e. The van der Waals surface area contributed by atoms with Crippen LogP contribution in [0.2, 0.25) is 0 Å². The van der Waals surface area contributed by atoms with Gasteiger partial charge in [0.05, 0.1) is 5.92 Å². The average molecular weight is 265 g/mol. The Labute approximate surface area is 114 Å². The number of nitrogens with zero attached hydrogens (tertiary/aromatic N) is 1. The van der Waals surface area contributed by atoms with Gasteiger partial charge in [-0.1, -0.05) is 0 Å². The molecular formula is C15H23NO3. The fraction of sp³-hybridized carbons (Fsp3) is 0.867. The number of carboxylic acid groups (broad SMARTS) is 1. The van der Waals surface area contributed by atoms with Crippen molar-refractivity contribution in [2.24, 2.45) is 23.7 Å². The number of carboxylic acids is 1. The Morgan fingerprint density at radius 3 is 1.84 bits per heavy atom. The van der Waals surface area contributed by atoms with Gasteiger partial charge in [0.25, 0.3) is 0 Å².